The first kappa shape index (κ1) is 22.1. The molecule has 0 bridgehead atoms. The molecule has 0 aliphatic rings. The monoisotopic (exact) mass is 538 g/mol. The predicted octanol–water partition coefficient (Wildman–Crippen LogP) is 7.69. The summed E-state index contributed by atoms with van der Waals surface area (Å²) in [4.78, 5) is 1.97. The topological polar surface area (TPSA) is 0 Å². The molecule has 0 radical (unpaired) electrons. The van der Waals surface area contributed by atoms with Crippen LogP contribution in [0.4, 0.5) is 0 Å². The van der Waals surface area contributed by atoms with Crippen molar-refractivity contribution in [2.75, 3.05) is 4.93 Å². The Morgan fingerprint density at radius 3 is 1.68 bits per heavy atom. The highest BCUT2D eigenvalue weighted by Gasteiger charge is 1.97. The van der Waals surface area contributed by atoms with E-state index in [4.69, 9.17) is 0 Å². The van der Waals surface area contributed by atoms with Crippen LogP contribution in [0.3, 0.4) is 0 Å². The third-order valence-electron chi connectivity index (χ3n) is 3.40. The Morgan fingerprint density at radius 1 is 0.727 bits per heavy atom. The average Bonchev–Trinajstić information content (AvgIpc) is 2.53. The van der Waals surface area contributed by atoms with E-state index in [-0.39, 0.29) is 0 Å². The minimum atomic E-state index is 1.13. The fourth-order valence-corrected chi connectivity index (χ4v) is 2.86. The van der Waals surface area contributed by atoms with E-state index in [1.54, 1.807) is 0 Å². The van der Waals surface area contributed by atoms with Gasteiger partial charge in [-0.25, -0.2) is 0 Å². The van der Waals surface area contributed by atoms with Crippen LogP contribution in [-0.4, -0.2) is 4.93 Å². The molecule has 22 heavy (non-hydrogen) atoms. The molecular weight excluding hydrogens is 515 g/mol. The van der Waals surface area contributed by atoms with Crippen LogP contribution in [-0.2, 0) is 12.8 Å². The molecule has 3 heteroatoms. The van der Waals surface area contributed by atoms with E-state index >= 15 is 0 Å². The van der Waals surface area contributed by atoms with Gasteiger partial charge in [0, 0.05) is 8.95 Å². The summed E-state index contributed by atoms with van der Waals surface area (Å²) in [5.41, 5.74) is 5.61. The minimum Gasteiger partial charge on any atom is -0.0901 e. The Morgan fingerprint density at radius 2 is 1.23 bits per heavy atom. The molecule has 0 saturated heterocycles. The smallest absolute Gasteiger partial charge is 0.0178 e. The molecule has 0 spiro atoms. The van der Waals surface area contributed by atoms with Gasteiger partial charge in [0.15, 0.2) is 0 Å². The molecule has 0 aromatic heterocycles. The molecule has 0 aliphatic heterocycles. The third kappa shape index (κ3) is 8.11. The summed E-state index contributed by atoms with van der Waals surface area (Å²) >= 11 is 9.01. The van der Waals surface area contributed by atoms with Crippen molar-refractivity contribution >= 4 is 54.5 Å². The van der Waals surface area contributed by atoms with Gasteiger partial charge in [-0.05, 0) is 78.1 Å². The van der Waals surface area contributed by atoms with Crippen molar-refractivity contribution in [1.82, 2.24) is 0 Å². The number of aryl methyl sites for hydroxylation is 4. The van der Waals surface area contributed by atoms with E-state index in [0.29, 0.717) is 0 Å². The summed E-state index contributed by atoms with van der Waals surface area (Å²) in [6.45, 7) is 8.62. The second kappa shape index (κ2) is 12.5. The fraction of sp³-hybridized carbons (Fsp3) is 0.368. The van der Waals surface area contributed by atoms with Crippen molar-refractivity contribution in [3.05, 3.63) is 67.6 Å². The van der Waals surface area contributed by atoms with Crippen molar-refractivity contribution in [2.45, 2.75) is 40.5 Å². The molecule has 2 aromatic rings. The Hall–Kier alpha value is 0.130. The Bertz CT molecular complexity index is 565. The summed E-state index contributed by atoms with van der Waals surface area (Å²) in [6.07, 6.45) is 2.26. The molecular formula is C19H25Br2I. The van der Waals surface area contributed by atoms with Gasteiger partial charge in [0.2, 0.25) is 0 Å². The van der Waals surface area contributed by atoms with E-state index < -0.39 is 0 Å². The number of hydrogen-bond acceptors (Lipinski definition) is 0. The maximum Gasteiger partial charge on any atom is 0.0178 e. The Balaban J connectivity index is 0.000000366. The van der Waals surface area contributed by atoms with Crippen molar-refractivity contribution in [3.63, 3.8) is 0 Å². The molecule has 0 nitrogen and oxygen atoms in total. The summed E-state index contributed by atoms with van der Waals surface area (Å²) in [6, 6.07) is 12.8. The SMILES string of the molecule is CCc1ccc(Br)cc1CC.CI.Cc1ccc(Br)cc1C. The number of alkyl halides is 1. The second-order valence-electron chi connectivity index (χ2n) is 4.85. The lowest BCUT2D eigenvalue weighted by molar-refractivity contribution is 1.03. The van der Waals surface area contributed by atoms with Gasteiger partial charge >= 0.3 is 0 Å². The lowest BCUT2D eigenvalue weighted by atomic mass is 10.0. The molecule has 0 unspecified atom stereocenters. The van der Waals surface area contributed by atoms with Crippen LogP contribution in [0.25, 0.3) is 0 Å². The first-order chi connectivity index (χ1) is 10.5. The number of halogens is 3. The van der Waals surface area contributed by atoms with Crippen LogP contribution in [0.15, 0.2) is 45.3 Å². The zero-order chi connectivity index (χ0) is 17.1. The maximum absolute atomic E-state index is 3.47. The van der Waals surface area contributed by atoms with E-state index in [9.17, 15) is 0 Å². The van der Waals surface area contributed by atoms with Gasteiger partial charge in [0.25, 0.3) is 0 Å². The van der Waals surface area contributed by atoms with Crippen LogP contribution < -0.4 is 0 Å². The normalized spacial score (nSPS) is 9.27. The predicted molar refractivity (Wildman–Crippen MR) is 116 cm³/mol. The van der Waals surface area contributed by atoms with Crippen LogP contribution in [0.1, 0.15) is 36.1 Å². The summed E-state index contributed by atoms with van der Waals surface area (Å²) in [5.74, 6) is 0. The molecule has 2 aromatic carbocycles. The van der Waals surface area contributed by atoms with E-state index in [2.05, 4.69) is 119 Å². The quantitative estimate of drug-likeness (QED) is 0.271. The van der Waals surface area contributed by atoms with Gasteiger partial charge in [0.05, 0.1) is 0 Å². The van der Waals surface area contributed by atoms with Gasteiger partial charge in [0.1, 0.15) is 0 Å². The molecule has 0 amide bonds. The van der Waals surface area contributed by atoms with E-state index in [0.717, 1.165) is 17.3 Å². The number of rotatable bonds is 2. The number of hydrogen-bond donors (Lipinski definition) is 0. The number of benzene rings is 2. The highest BCUT2D eigenvalue weighted by atomic mass is 127. The summed E-state index contributed by atoms with van der Waals surface area (Å²) in [7, 11) is 0. The van der Waals surface area contributed by atoms with Crippen LogP contribution >= 0.6 is 54.5 Å². The van der Waals surface area contributed by atoms with Crippen molar-refractivity contribution in [2.24, 2.45) is 0 Å². The first-order valence-corrected chi connectivity index (χ1v) is 11.1. The van der Waals surface area contributed by atoms with Gasteiger partial charge < -0.3 is 0 Å². The third-order valence-corrected chi connectivity index (χ3v) is 4.39. The van der Waals surface area contributed by atoms with Gasteiger partial charge in [-0.2, -0.15) is 0 Å². The van der Waals surface area contributed by atoms with Gasteiger partial charge in [-0.3, -0.25) is 0 Å². The van der Waals surface area contributed by atoms with Crippen molar-refractivity contribution in [3.8, 4) is 0 Å². The van der Waals surface area contributed by atoms with E-state index in [1.165, 1.54) is 26.7 Å². The van der Waals surface area contributed by atoms with Crippen LogP contribution in [0.2, 0.25) is 0 Å². The molecule has 2 rings (SSSR count). The highest BCUT2D eigenvalue weighted by Crippen LogP contribution is 2.17. The summed E-state index contributed by atoms with van der Waals surface area (Å²) < 4.78 is 2.34. The van der Waals surface area contributed by atoms with Crippen LogP contribution in [0, 0.1) is 13.8 Å². The largest absolute Gasteiger partial charge is 0.0901 e. The van der Waals surface area contributed by atoms with Crippen molar-refractivity contribution in [1.29, 1.82) is 0 Å². The molecule has 122 valence electrons. The lowest BCUT2D eigenvalue weighted by Gasteiger charge is -2.04. The molecule has 0 heterocycles. The maximum atomic E-state index is 3.47. The fourth-order valence-electron chi connectivity index (χ4n) is 1.97. The summed E-state index contributed by atoms with van der Waals surface area (Å²) in [5, 5.41) is 0. The second-order valence-corrected chi connectivity index (χ2v) is 6.68. The van der Waals surface area contributed by atoms with Gasteiger partial charge in [-0.1, -0.05) is 80.4 Å². The zero-order valence-corrected chi connectivity index (χ0v) is 19.3. The Kier molecular flexibility index (Phi) is 12.6. The standard InChI is InChI=1S/C10H13Br.C8H9Br.CH3I/c1-3-8-5-6-10(11)7-9(8)4-2;1-6-3-4-8(9)5-7(6)2;1-2/h5-7H,3-4H2,1-2H3;3-5H,1-2H3;1H3. The zero-order valence-electron chi connectivity index (χ0n) is 14.0. The molecule has 0 saturated carbocycles. The van der Waals surface area contributed by atoms with E-state index in [1.807, 2.05) is 4.93 Å². The molecule has 0 aliphatic carbocycles. The van der Waals surface area contributed by atoms with Crippen molar-refractivity contribution < 1.29 is 0 Å². The first-order valence-electron chi connectivity index (χ1n) is 7.35. The minimum absolute atomic E-state index is 1.13. The lowest BCUT2D eigenvalue weighted by Crippen LogP contribution is -1.89. The highest BCUT2D eigenvalue weighted by molar-refractivity contribution is 14.1. The molecule has 0 atom stereocenters. The molecule has 0 fully saturated rings. The Labute approximate surface area is 166 Å². The van der Waals surface area contributed by atoms with Crippen LogP contribution in [0.5, 0.6) is 0 Å². The molecule has 0 N–H and O–H groups in total. The van der Waals surface area contributed by atoms with Gasteiger partial charge in [-0.15, -0.1) is 0 Å². The average molecular weight is 540 g/mol.